The predicted octanol–water partition coefficient (Wildman–Crippen LogP) is 2.02. The molecule has 2 rings (SSSR count). The first-order valence-corrected chi connectivity index (χ1v) is 6.50. The average molecular weight is 248 g/mol. The van der Waals surface area contributed by atoms with E-state index in [1.807, 2.05) is 0 Å². The number of hydrogen-bond donors (Lipinski definition) is 2. The van der Waals surface area contributed by atoms with Gasteiger partial charge in [0.2, 0.25) is 5.95 Å². The van der Waals surface area contributed by atoms with Crippen LogP contribution in [0.1, 0.15) is 27.2 Å². The number of nitrogens with zero attached hydrogens (tertiary/aromatic N) is 4. The Morgan fingerprint density at radius 1 is 1.22 bits per heavy atom. The molecule has 0 radical (unpaired) electrons. The third-order valence-corrected chi connectivity index (χ3v) is 2.89. The van der Waals surface area contributed by atoms with Gasteiger partial charge in [0.25, 0.3) is 0 Å². The second-order valence-corrected chi connectivity index (χ2v) is 4.10. The Balaban J connectivity index is 2.44. The van der Waals surface area contributed by atoms with Crippen molar-refractivity contribution in [2.24, 2.45) is 0 Å². The summed E-state index contributed by atoms with van der Waals surface area (Å²) in [7, 11) is 0. The molecule has 0 aliphatic heterocycles. The van der Waals surface area contributed by atoms with Crippen LogP contribution in [0, 0.1) is 0 Å². The number of anilines is 2. The van der Waals surface area contributed by atoms with Gasteiger partial charge in [-0.2, -0.15) is 15.1 Å². The zero-order valence-corrected chi connectivity index (χ0v) is 11.2. The van der Waals surface area contributed by atoms with Crippen LogP contribution in [0.5, 0.6) is 0 Å². The Morgan fingerprint density at radius 2 is 2.00 bits per heavy atom. The van der Waals surface area contributed by atoms with Crippen molar-refractivity contribution in [3.63, 3.8) is 0 Å². The molecule has 2 heterocycles. The van der Waals surface area contributed by atoms with Crippen LogP contribution in [0.15, 0.2) is 6.20 Å². The zero-order chi connectivity index (χ0) is 13.0. The minimum absolute atomic E-state index is 0.663. The van der Waals surface area contributed by atoms with E-state index in [1.165, 1.54) is 0 Å². The van der Waals surface area contributed by atoms with E-state index in [0.29, 0.717) is 5.95 Å². The molecule has 6 nitrogen and oxygen atoms in total. The zero-order valence-electron chi connectivity index (χ0n) is 11.2. The van der Waals surface area contributed by atoms with Gasteiger partial charge in [-0.3, -0.25) is 5.10 Å². The summed E-state index contributed by atoms with van der Waals surface area (Å²) in [5.41, 5.74) is 0.783. The highest BCUT2D eigenvalue weighted by molar-refractivity contribution is 5.87. The van der Waals surface area contributed by atoms with Gasteiger partial charge in [-0.05, 0) is 20.3 Å². The van der Waals surface area contributed by atoms with E-state index >= 15 is 0 Å². The maximum absolute atomic E-state index is 4.60. The van der Waals surface area contributed by atoms with Gasteiger partial charge in [0, 0.05) is 19.6 Å². The molecule has 0 aromatic carbocycles. The standard InChI is InChI=1S/C12H20N6/c1-4-7-13-12-15-10-9(8-14-17-10)11(16-12)18(5-2)6-3/h8H,4-7H2,1-3H3,(H2,13,14,15,16,17). The largest absolute Gasteiger partial charge is 0.356 e. The van der Waals surface area contributed by atoms with Crippen LogP contribution in [0.4, 0.5) is 11.8 Å². The van der Waals surface area contributed by atoms with Gasteiger partial charge in [-0.1, -0.05) is 6.92 Å². The van der Waals surface area contributed by atoms with E-state index in [-0.39, 0.29) is 0 Å². The first-order valence-electron chi connectivity index (χ1n) is 6.50. The number of fused-ring (bicyclic) bond motifs is 1. The lowest BCUT2D eigenvalue weighted by molar-refractivity contribution is 0.847. The molecule has 0 amide bonds. The normalized spacial score (nSPS) is 10.8. The van der Waals surface area contributed by atoms with Crippen molar-refractivity contribution >= 4 is 22.8 Å². The Hall–Kier alpha value is -1.85. The molecule has 6 heteroatoms. The summed E-state index contributed by atoms with van der Waals surface area (Å²) in [6.45, 7) is 9.07. The van der Waals surface area contributed by atoms with E-state index in [9.17, 15) is 0 Å². The van der Waals surface area contributed by atoms with Crippen LogP contribution in [0.2, 0.25) is 0 Å². The van der Waals surface area contributed by atoms with Crippen molar-refractivity contribution in [1.82, 2.24) is 20.2 Å². The Kier molecular flexibility index (Phi) is 3.96. The second-order valence-electron chi connectivity index (χ2n) is 4.10. The molecule has 2 N–H and O–H groups in total. The number of aromatic nitrogens is 4. The molecular formula is C12H20N6. The predicted molar refractivity (Wildman–Crippen MR) is 74.0 cm³/mol. The Labute approximate surface area is 107 Å². The molecule has 98 valence electrons. The molecule has 0 bridgehead atoms. The van der Waals surface area contributed by atoms with Gasteiger partial charge in [0.1, 0.15) is 5.82 Å². The molecule has 0 aliphatic rings. The van der Waals surface area contributed by atoms with Crippen LogP contribution in [-0.4, -0.2) is 39.8 Å². The van der Waals surface area contributed by atoms with Crippen LogP contribution in [-0.2, 0) is 0 Å². The lowest BCUT2D eigenvalue weighted by atomic mass is 10.3. The van der Waals surface area contributed by atoms with Gasteiger partial charge in [-0.15, -0.1) is 0 Å². The number of hydrogen-bond acceptors (Lipinski definition) is 5. The number of nitrogens with one attached hydrogen (secondary N) is 2. The van der Waals surface area contributed by atoms with Crippen LogP contribution in [0.3, 0.4) is 0 Å². The van der Waals surface area contributed by atoms with E-state index in [0.717, 1.165) is 42.9 Å². The highest BCUT2D eigenvalue weighted by Gasteiger charge is 2.13. The summed E-state index contributed by atoms with van der Waals surface area (Å²) in [4.78, 5) is 11.2. The molecular weight excluding hydrogens is 228 g/mol. The number of aromatic amines is 1. The van der Waals surface area contributed by atoms with Crippen LogP contribution >= 0.6 is 0 Å². The molecule has 0 saturated carbocycles. The third kappa shape index (κ3) is 2.37. The average Bonchev–Trinajstić information content (AvgIpc) is 2.86. The van der Waals surface area contributed by atoms with Crippen LogP contribution < -0.4 is 10.2 Å². The third-order valence-electron chi connectivity index (χ3n) is 2.89. The molecule has 0 aliphatic carbocycles. The highest BCUT2D eigenvalue weighted by atomic mass is 15.3. The summed E-state index contributed by atoms with van der Waals surface area (Å²) in [5.74, 6) is 1.60. The molecule has 18 heavy (non-hydrogen) atoms. The first kappa shape index (κ1) is 12.6. The van der Waals surface area contributed by atoms with Gasteiger partial charge < -0.3 is 10.2 Å². The van der Waals surface area contributed by atoms with Crippen molar-refractivity contribution in [3.05, 3.63) is 6.20 Å². The molecule has 0 fully saturated rings. The minimum atomic E-state index is 0.663. The van der Waals surface area contributed by atoms with Crippen molar-refractivity contribution in [3.8, 4) is 0 Å². The van der Waals surface area contributed by atoms with Crippen molar-refractivity contribution in [2.75, 3.05) is 29.9 Å². The summed E-state index contributed by atoms with van der Waals surface area (Å²) in [6.07, 6.45) is 2.83. The molecule has 0 saturated heterocycles. The molecule has 2 aromatic heterocycles. The first-order chi connectivity index (χ1) is 8.80. The van der Waals surface area contributed by atoms with E-state index < -0.39 is 0 Å². The van der Waals surface area contributed by atoms with E-state index in [2.05, 4.69) is 51.2 Å². The second kappa shape index (κ2) is 5.66. The maximum Gasteiger partial charge on any atom is 0.226 e. The van der Waals surface area contributed by atoms with Gasteiger partial charge in [0.05, 0.1) is 11.6 Å². The fraction of sp³-hybridized carbons (Fsp3) is 0.583. The topological polar surface area (TPSA) is 69.7 Å². The van der Waals surface area contributed by atoms with E-state index in [1.54, 1.807) is 6.20 Å². The van der Waals surface area contributed by atoms with Crippen molar-refractivity contribution < 1.29 is 0 Å². The lowest BCUT2D eigenvalue weighted by Crippen LogP contribution is -2.23. The fourth-order valence-corrected chi connectivity index (χ4v) is 1.90. The monoisotopic (exact) mass is 248 g/mol. The summed E-state index contributed by atoms with van der Waals surface area (Å²) >= 11 is 0. The quantitative estimate of drug-likeness (QED) is 0.818. The number of H-pyrrole nitrogens is 1. The molecule has 0 atom stereocenters. The Bertz CT molecular complexity index is 502. The molecule has 0 unspecified atom stereocenters. The smallest absolute Gasteiger partial charge is 0.226 e. The van der Waals surface area contributed by atoms with Gasteiger partial charge in [0.15, 0.2) is 5.65 Å². The fourth-order valence-electron chi connectivity index (χ4n) is 1.90. The van der Waals surface area contributed by atoms with Crippen LogP contribution in [0.25, 0.3) is 11.0 Å². The SMILES string of the molecule is CCCNc1nc(N(CC)CC)c2cn[nH]c2n1. The van der Waals surface area contributed by atoms with Crippen molar-refractivity contribution in [2.45, 2.75) is 27.2 Å². The minimum Gasteiger partial charge on any atom is -0.356 e. The van der Waals surface area contributed by atoms with Gasteiger partial charge >= 0.3 is 0 Å². The maximum atomic E-state index is 4.60. The molecule has 2 aromatic rings. The Morgan fingerprint density at radius 3 is 2.67 bits per heavy atom. The van der Waals surface area contributed by atoms with Gasteiger partial charge in [-0.25, -0.2) is 0 Å². The lowest BCUT2D eigenvalue weighted by Gasteiger charge is -2.20. The number of rotatable bonds is 6. The highest BCUT2D eigenvalue weighted by Crippen LogP contribution is 2.23. The summed E-state index contributed by atoms with van der Waals surface area (Å²) in [5, 5.41) is 11.2. The summed E-state index contributed by atoms with van der Waals surface area (Å²) in [6, 6.07) is 0. The van der Waals surface area contributed by atoms with E-state index in [4.69, 9.17) is 0 Å². The molecule has 0 spiro atoms. The summed E-state index contributed by atoms with van der Waals surface area (Å²) < 4.78 is 0. The van der Waals surface area contributed by atoms with Crippen molar-refractivity contribution in [1.29, 1.82) is 0 Å².